The van der Waals surface area contributed by atoms with Crippen LogP contribution in [0.5, 0.6) is 0 Å². The zero-order valence-corrected chi connectivity index (χ0v) is 20.6. The average molecular weight is 530 g/mol. The molecule has 2 aliphatic heterocycles. The Labute approximate surface area is 217 Å². The van der Waals surface area contributed by atoms with E-state index in [2.05, 4.69) is 0 Å². The predicted octanol–water partition coefficient (Wildman–Crippen LogP) is 3.77. The molecule has 0 saturated carbocycles. The first-order chi connectivity index (χ1) is 18.2. The number of sulfone groups is 1. The molecule has 2 aromatic carbocycles. The first-order valence-corrected chi connectivity index (χ1v) is 13.4. The zero-order chi connectivity index (χ0) is 27.0. The van der Waals surface area contributed by atoms with E-state index in [1.165, 1.54) is 36.4 Å². The fourth-order valence-electron chi connectivity index (χ4n) is 4.70. The van der Waals surface area contributed by atoms with Crippen molar-refractivity contribution in [2.24, 2.45) is 0 Å². The molecule has 1 saturated heterocycles. The van der Waals surface area contributed by atoms with Crippen molar-refractivity contribution in [2.75, 3.05) is 11.5 Å². The lowest BCUT2D eigenvalue weighted by Crippen LogP contribution is -2.49. The third-order valence-electron chi connectivity index (χ3n) is 6.43. The van der Waals surface area contributed by atoms with Crippen molar-refractivity contribution in [1.29, 1.82) is 5.26 Å². The second kappa shape index (κ2) is 9.57. The van der Waals surface area contributed by atoms with Crippen LogP contribution in [0, 0.1) is 21.4 Å². The van der Waals surface area contributed by atoms with Crippen molar-refractivity contribution in [3.05, 3.63) is 99.3 Å². The second-order valence-electron chi connectivity index (χ2n) is 8.80. The summed E-state index contributed by atoms with van der Waals surface area (Å²) < 4.78 is 30.1. The lowest BCUT2D eigenvalue weighted by atomic mass is 9.87. The summed E-state index contributed by atoms with van der Waals surface area (Å²) in [5.41, 5.74) is 0.300. The summed E-state index contributed by atoms with van der Waals surface area (Å²) in [6, 6.07) is 18.5. The van der Waals surface area contributed by atoms with Gasteiger partial charge in [0.1, 0.15) is 23.2 Å². The average Bonchev–Trinajstić information content (AvgIpc) is 3.52. The van der Waals surface area contributed by atoms with E-state index in [1.807, 2.05) is 6.07 Å². The molecule has 3 aromatic rings. The standard InChI is InChI=1S/C27H19N3O7S/c28-15-22-25(17-6-2-1-3-7-17)21(26(31)29(27(22)32)18-12-13-38(35,36)16-18)14-19-10-11-24(37-19)20-8-4-5-9-23(20)30(33)34/h1-11,14,18H,12-13,16H2. The lowest BCUT2D eigenvalue weighted by Gasteiger charge is -2.32. The molecule has 0 spiro atoms. The minimum Gasteiger partial charge on any atom is -0.456 e. The van der Waals surface area contributed by atoms with Crippen molar-refractivity contribution >= 4 is 39.0 Å². The van der Waals surface area contributed by atoms with E-state index < -0.39 is 32.6 Å². The Balaban J connectivity index is 1.66. The van der Waals surface area contributed by atoms with Gasteiger partial charge in [-0.15, -0.1) is 0 Å². The molecule has 0 aliphatic carbocycles. The number of furan rings is 1. The number of nitrogens with zero attached hydrogens (tertiary/aromatic N) is 3. The smallest absolute Gasteiger partial charge is 0.280 e. The molecular weight excluding hydrogens is 510 g/mol. The largest absolute Gasteiger partial charge is 0.456 e. The van der Waals surface area contributed by atoms with E-state index in [4.69, 9.17) is 4.42 Å². The molecule has 1 atom stereocenters. The Morgan fingerprint density at radius 2 is 1.74 bits per heavy atom. The maximum Gasteiger partial charge on any atom is 0.280 e. The number of hydrogen-bond acceptors (Lipinski definition) is 8. The number of hydrogen-bond donors (Lipinski definition) is 0. The Hall–Kier alpha value is -4.82. The molecule has 5 rings (SSSR count). The number of amides is 2. The van der Waals surface area contributed by atoms with Gasteiger partial charge in [0.15, 0.2) is 9.84 Å². The number of rotatable bonds is 5. The summed E-state index contributed by atoms with van der Waals surface area (Å²) in [7, 11) is -3.43. The highest BCUT2D eigenvalue weighted by molar-refractivity contribution is 7.91. The maximum atomic E-state index is 13.8. The third kappa shape index (κ3) is 4.42. The highest BCUT2D eigenvalue weighted by Gasteiger charge is 2.45. The van der Waals surface area contributed by atoms with Crippen LogP contribution >= 0.6 is 0 Å². The highest BCUT2D eigenvalue weighted by Crippen LogP contribution is 2.38. The van der Waals surface area contributed by atoms with Crippen LogP contribution in [0.25, 0.3) is 23.0 Å². The van der Waals surface area contributed by atoms with Gasteiger partial charge in [0.2, 0.25) is 0 Å². The number of nitro benzene ring substituents is 1. The Bertz CT molecular complexity index is 1700. The summed E-state index contributed by atoms with van der Waals surface area (Å²) in [5.74, 6) is -1.80. The summed E-state index contributed by atoms with van der Waals surface area (Å²) >= 11 is 0. The van der Waals surface area contributed by atoms with Crippen LogP contribution in [0.3, 0.4) is 0 Å². The first kappa shape index (κ1) is 24.9. The molecule has 10 nitrogen and oxygen atoms in total. The van der Waals surface area contributed by atoms with Gasteiger partial charge < -0.3 is 4.42 Å². The van der Waals surface area contributed by atoms with E-state index in [0.29, 0.717) is 5.56 Å². The molecule has 3 heterocycles. The molecule has 38 heavy (non-hydrogen) atoms. The third-order valence-corrected chi connectivity index (χ3v) is 8.18. The van der Waals surface area contributed by atoms with E-state index >= 15 is 0 Å². The van der Waals surface area contributed by atoms with Crippen LogP contribution in [0.4, 0.5) is 5.69 Å². The number of nitro groups is 1. The number of benzene rings is 2. The van der Waals surface area contributed by atoms with Crippen molar-refractivity contribution in [2.45, 2.75) is 12.5 Å². The van der Waals surface area contributed by atoms with Gasteiger partial charge in [-0.25, -0.2) is 8.42 Å². The van der Waals surface area contributed by atoms with Crippen LogP contribution in [-0.4, -0.2) is 47.6 Å². The first-order valence-electron chi connectivity index (χ1n) is 11.5. The van der Waals surface area contributed by atoms with E-state index in [0.717, 1.165) is 4.90 Å². The molecule has 1 fully saturated rings. The van der Waals surface area contributed by atoms with Gasteiger partial charge >= 0.3 is 0 Å². The molecule has 2 aliphatic rings. The number of carbonyl (C=O) groups is 2. The monoisotopic (exact) mass is 529 g/mol. The Morgan fingerprint density at radius 3 is 2.39 bits per heavy atom. The molecular formula is C27H19N3O7S. The quantitative estimate of drug-likeness (QED) is 0.210. The van der Waals surface area contributed by atoms with E-state index in [-0.39, 0.29) is 57.4 Å². The fraction of sp³-hybridized carbons (Fsp3) is 0.148. The molecule has 1 unspecified atom stereocenters. The molecule has 11 heteroatoms. The summed E-state index contributed by atoms with van der Waals surface area (Å²) in [5, 5.41) is 21.4. The molecule has 190 valence electrons. The number of nitriles is 1. The van der Waals surface area contributed by atoms with Gasteiger partial charge in [0.05, 0.1) is 33.6 Å². The fourth-order valence-corrected chi connectivity index (χ4v) is 6.40. The summed E-state index contributed by atoms with van der Waals surface area (Å²) in [6.07, 6.45) is 1.44. The molecule has 2 amide bonds. The van der Waals surface area contributed by atoms with Crippen molar-refractivity contribution < 1.29 is 27.3 Å². The SMILES string of the molecule is N#CC1=C(c2ccccc2)C(=Cc2ccc(-c3ccccc3[N+](=O)[O-])o2)C(=O)N(C2CCS(=O)(=O)C2)C1=O. The van der Waals surface area contributed by atoms with Crippen molar-refractivity contribution in [3.63, 3.8) is 0 Å². The van der Waals surface area contributed by atoms with Gasteiger partial charge in [-0.1, -0.05) is 42.5 Å². The van der Waals surface area contributed by atoms with Gasteiger partial charge in [-0.3, -0.25) is 24.6 Å². The molecule has 0 N–H and O–H groups in total. The van der Waals surface area contributed by atoms with Crippen LogP contribution in [0.1, 0.15) is 17.7 Å². The topological polar surface area (TPSA) is 152 Å². The van der Waals surface area contributed by atoms with Crippen LogP contribution in [-0.2, 0) is 19.4 Å². The second-order valence-corrected chi connectivity index (χ2v) is 11.0. The summed E-state index contributed by atoms with van der Waals surface area (Å²) in [4.78, 5) is 38.9. The van der Waals surface area contributed by atoms with Crippen LogP contribution in [0.2, 0.25) is 0 Å². The van der Waals surface area contributed by atoms with E-state index in [9.17, 15) is 33.4 Å². The highest BCUT2D eigenvalue weighted by atomic mass is 32.2. The number of carbonyl (C=O) groups excluding carboxylic acids is 2. The predicted molar refractivity (Wildman–Crippen MR) is 137 cm³/mol. The molecule has 0 bridgehead atoms. The van der Waals surface area contributed by atoms with Crippen molar-refractivity contribution in [1.82, 2.24) is 4.90 Å². The molecule has 0 radical (unpaired) electrons. The maximum absolute atomic E-state index is 13.8. The minimum absolute atomic E-state index is 0.0277. The van der Waals surface area contributed by atoms with Crippen LogP contribution < -0.4 is 0 Å². The van der Waals surface area contributed by atoms with Crippen molar-refractivity contribution in [3.8, 4) is 17.4 Å². The van der Waals surface area contributed by atoms with Gasteiger partial charge in [0, 0.05) is 11.6 Å². The van der Waals surface area contributed by atoms with Gasteiger partial charge in [0.25, 0.3) is 17.5 Å². The molecule has 1 aromatic heterocycles. The van der Waals surface area contributed by atoms with Gasteiger partial charge in [-0.2, -0.15) is 5.26 Å². The summed E-state index contributed by atoms with van der Waals surface area (Å²) in [6.45, 7) is 0. The van der Waals surface area contributed by atoms with Gasteiger partial charge in [-0.05, 0) is 36.3 Å². The normalized spacial score (nSPS) is 20.1. The van der Waals surface area contributed by atoms with Crippen LogP contribution in [0.15, 0.2) is 82.3 Å². The zero-order valence-electron chi connectivity index (χ0n) is 19.7. The Kier molecular flexibility index (Phi) is 6.26. The Morgan fingerprint density at radius 1 is 1.03 bits per heavy atom. The lowest BCUT2D eigenvalue weighted by molar-refractivity contribution is -0.384. The minimum atomic E-state index is -3.43. The number of para-hydroxylation sites is 1. The number of imide groups is 1. The van der Waals surface area contributed by atoms with E-state index in [1.54, 1.807) is 36.4 Å².